The monoisotopic (exact) mass is 270 g/mol. The van der Waals surface area contributed by atoms with Crippen LogP contribution < -0.4 is 10.6 Å². The van der Waals surface area contributed by atoms with Crippen LogP contribution in [0.15, 0.2) is 0 Å². The first-order chi connectivity index (χ1) is 8.97. The van der Waals surface area contributed by atoms with Gasteiger partial charge in [0.25, 0.3) is 0 Å². The molecule has 1 aliphatic rings. The molecule has 3 atom stereocenters. The van der Waals surface area contributed by atoms with Crippen LogP contribution in [0.2, 0.25) is 0 Å². The van der Waals surface area contributed by atoms with E-state index < -0.39 is 5.97 Å². The number of hydrogen-bond donors (Lipinski definition) is 3. The van der Waals surface area contributed by atoms with Crippen molar-refractivity contribution in [1.82, 2.24) is 10.6 Å². The lowest BCUT2D eigenvalue weighted by Gasteiger charge is -2.27. The number of rotatable bonds is 6. The lowest BCUT2D eigenvalue weighted by molar-refractivity contribution is -0.137. The Morgan fingerprint density at radius 3 is 2.74 bits per heavy atom. The maximum atomic E-state index is 11.7. The van der Waals surface area contributed by atoms with Gasteiger partial charge in [-0.1, -0.05) is 26.7 Å². The topological polar surface area (TPSA) is 78.4 Å². The maximum absolute atomic E-state index is 11.7. The van der Waals surface area contributed by atoms with Gasteiger partial charge in [-0.05, 0) is 31.1 Å². The molecule has 0 bridgehead atoms. The van der Waals surface area contributed by atoms with E-state index in [2.05, 4.69) is 17.6 Å². The fourth-order valence-electron chi connectivity index (χ4n) is 2.54. The number of carbonyl (C=O) groups is 2. The summed E-state index contributed by atoms with van der Waals surface area (Å²) in [7, 11) is 0. The molecule has 1 fully saturated rings. The van der Waals surface area contributed by atoms with Gasteiger partial charge >= 0.3 is 12.0 Å². The second-order valence-corrected chi connectivity index (χ2v) is 5.86. The highest BCUT2D eigenvalue weighted by Gasteiger charge is 2.20. The molecule has 3 N–H and O–H groups in total. The van der Waals surface area contributed by atoms with E-state index in [1.54, 1.807) is 0 Å². The van der Waals surface area contributed by atoms with E-state index in [1.807, 2.05) is 6.92 Å². The van der Waals surface area contributed by atoms with E-state index in [0.717, 1.165) is 12.8 Å². The Kier molecular flexibility index (Phi) is 6.67. The van der Waals surface area contributed by atoms with Gasteiger partial charge in [0.1, 0.15) is 0 Å². The van der Waals surface area contributed by atoms with Crippen molar-refractivity contribution in [2.24, 2.45) is 11.8 Å². The summed E-state index contributed by atoms with van der Waals surface area (Å²) in [5.41, 5.74) is 0. The van der Waals surface area contributed by atoms with Crippen molar-refractivity contribution < 1.29 is 14.7 Å². The molecule has 0 aromatic rings. The summed E-state index contributed by atoms with van der Waals surface area (Å²) in [6.45, 7) is 4.70. The minimum absolute atomic E-state index is 0.124. The SMILES string of the molecule is CC(CCC(=O)O)CNC(=O)NC1CCCC(C)C1. The number of carboxylic acid groups (broad SMARTS) is 1. The third-order valence-corrected chi connectivity index (χ3v) is 3.73. The molecule has 0 aromatic heterocycles. The zero-order valence-electron chi connectivity index (χ0n) is 11.9. The van der Waals surface area contributed by atoms with E-state index in [9.17, 15) is 9.59 Å². The molecule has 110 valence electrons. The van der Waals surface area contributed by atoms with Gasteiger partial charge in [0.2, 0.25) is 0 Å². The molecule has 1 saturated carbocycles. The van der Waals surface area contributed by atoms with Crippen LogP contribution in [0.1, 0.15) is 52.4 Å². The summed E-state index contributed by atoms with van der Waals surface area (Å²) in [6.07, 6.45) is 5.31. The Morgan fingerprint density at radius 1 is 1.37 bits per heavy atom. The van der Waals surface area contributed by atoms with E-state index in [-0.39, 0.29) is 24.4 Å². The average molecular weight is 270 g/mol. The number of aliphatic carboxylic acids is 1. The van der Waals surface area contributed by atoms with Gasteiger partial charge in [-0.2, -0.15) is 0 Å². The van der Waals surface area contributed by atoms with Crippen molar-refractivity contribution in [3.63, 3.8) is 0 Å². The van der Waals surface area contributed by atoms with E-state index in [4.69, 9.17) is 5.11 Å². The Labute approximate surface area is 115 Å². The van der Waals surface area contributed by atoms with Crippen LogP contribution in [0.3, 0.4) is 0 Å². The van der Waals surface area contributed by atoms with Crippen LogP contribution in [0.25, 0.3) is 0 Å². The Balaban J connectivity index is 2.14. The molecule has 1 rings (SSSR count). The van der Waals surface area contributed by atoms with Gasteiger partial charge in [-0.15, -0.1) is 0 Å². The molecule has 0 radical (unpaired) electrons. The van der Waals surface area contributed by atoms with Crippen LogP contribution in [0.5, 0.6) is 0 Å². The zero-order chi connectivity index (χ0) is 14.3. The predicted molar refractivity (Wildman–Crippen MR) is 74.0 cm³/mol. The zero-order valence-corrected chi connectivity index (χ0v) is 11.9. The number of amides is 2. The van der Waals surface area contributed by atoms with Crippen LogP contribution >= 0.6 is 0 Å². The van der Waals surface area contributed by atoms with E-state index in [0.29, 0.717) is 18.9 Å². The molecule has 0 heterocycles. The highest BCUT2D eigenvalue weighted by atomic mass is 16.4. The number of nitrogens with one attached hydrogen (secondary N) is 2. The molecule has 0 aliphatic heterocycles. The van der Waals surface area contributed by atoms with Gasteiger partial charge in [-0.25, -0.2) is 4.79 Å². The second kappa shape index (κ2) is 8.02. The van der Waals surface area contributed by atoms with Gasteiger partial charge in [0.15, 0.2) is 0 Å². The van der Waals surface area contributed by atoms with E-state index in [1.165, 1.54) is 12.8 Å². The first-order valence-corrected chi connectivity index (χ1v) is 7.23. The quantitative estimate of drug-likeness (QED) is 0.693. The Bertz CT molecular complexity index is 307. The number of hydrogen-bond acceptors (Lipinski definition) is 2. The number of carbonyl (C=O) groups excluding carboxylic acids is 1. The van der Waals surface area contributed by atoms with Crippen molar-refractivity contribution in [3.8, 4) is 0 Å². The number of urea groups is 1. The molecule has 0 spiro atoms. The summed E-state index contributed by atoms with van der Waals surface area (Å²) >= 11 is 0. The minimum Gasteiger partial charge on any atom is -0.481 e. The maximum Gasteiger partial charge on any atom is 0.315 e. The van der Waals surface area contributed by atoms with Crippen molar-refractivity contribution in [1.29, 1.82) is 0 Å². The fourth-order valence-corrected chi connectivity index (χ4v) is 2.54. The van der Waals surface area contributed by atoms with Crippen LogP contribution in [0.4, 0.5) is 4.79 Å². The molecule has 0 aromatic carbocycles. The third kappa shape index (κ3) is 7.03. The molecule has 5 heteroatoms. The average Bonchev–Trinajstić information content (AvgIpc) is 2.34. The molecular formula is C14H26N2O3. The largest absolute Gasteiger partial charge is 0.481 e. The summed E-state index contributed by atoms with van der Waals surface area (Å²) < 4.78 is 0. The summed E-state index contributed by atoms with van der Waals surface area (Å²) in [5.74, 6) is 0.0909. The molecule has 5 nitrogen and oxygen atoms in total. The standard InChI is InChI=1S/C14H26N2O3/c1-10-4-3-5-12(8-10)16-14(19)15-9-11(2)6-7-13(17)18/h10-12H,3-9H2,1-2H3,(H,17,18)(H2,15,16,19). The fraction of sp³-hybridized carbons (Fsp3) is 0.857. The van der Waals surface area contributed by atoms with Gasteiger partial charge in [0, 0.05) is 19.0 Å². The second-order valence-electron chi connectivity index (χ2n) is 5.86. The lowest BCUT2D eigenvalue weighted by Crippen LogP contribution is -2.45. The molecule has 19 heavy (non-hydrogen) atoms. The lowest BCUT2D eigenvalue weighted by atomic mass is 9.87. The summed E-state index contributed by atoms with van der Waals surface area (Å²) in [6, 6.07) is 0.166. The van der Waals surface area contributed by atoms with Crippen LogP contribution in [-0.4, -0.2) is 29.7 Å². The van der Waals surface area contributed by atoms with Crippen LogP contribution in [0, 0.1) is 11.8 Å². The van der Waals surface area contributed by atoms with Gasteiger partial charge < -0.3 is 15.7 Å². The van der Waals surface area contributed by atoms with Gasteiger partial charge in [-0.3, -0.25) is 4.79 Å². The van der Waals surface area contributed by atoms with Crippen molar-refractivity contribution in [2.45, 2.75) is 58.4 Å². The predicted octanol–water partition coefficient (Wildman–Crippen LogP) is 2.37. The summed E-state index contributed by atoms with van der Waals surface area (Å²) in [5, 5.41) is 14.4. The van der Waals surface area contributed by atoms with Crippen molar-refractivity contribution in [3.05, 3.63) is 0 Å². The first kappa shape index (κ1) is 15.8. The number of carboxylic acids is 1. The third-order valence-electron chi connectivity index (χ3n) is 3.73. The highest BCUT2D eigenvalue weighted by Crippen LogP contribution is 2.23. The van der Waals surface area contributed by atoms with Crippen LogP contribution in [-0.2, 0) is 4.79 Å². The van der Waals surface area contributed by atoms with Crippen molar-refractivity contribution in [2.75, 3.05) is 6.54 Å². The molecule has 0 saturated heterocycles. The minimum atomic E-state index is -0.785. The summed E-state index contributed by atoms with van der Waals surface area (Å²) in [4.78, 5) is 22.2. The Morgan fingerprint density at radius 2 is 2.11 bits per heavy atom. The van der Waals surface area contributed by atoms with E-state index >= 15 is 0 Å². The molecule has 2 amide bonds. The highest BCUT2D eigenvalue weighted by molar-refractivity contribution is 5.74. The Hall–Kier alpha value is -1.26. The van der Waals surface area contributed by atoms with Crippen molar-refractivity contribution >= 4 is 12.0 Å². The molecule has 3 unspecified atom stereocenters. The first-order valence-electron chi connectivity index (χ1n) is 7.23. The molecule has 1 aliphatic carbocycles. The smallest absolute Gasteiger partial charge is 0.315 e. The normalized spacial score (nSPS) is 24.5. The van der Waals surface area contributed by atoms with Gasteiger partial charge in [0.05, 0.1) is 0 Å². The molecular weight excluding hydrogens is 244 g/mol.